The highest BCUT2D eigenvalue weighted by Crippen LogP contribution is 2.09. The van der Waals surface area contributed by atoms with Crippen LogP contribution < -0.4 is 0 Å². The van der Waals surface area contributed by atoms with Crippen molar-refractivity contribution < 1.29 is 25.2 Å². The van der Waals surface area contributed by atoms with Crippen LogP contribution >= 0.6 is 0 Å². The Balaban J connectivity index is 4.04. The topological polar surface area (TPSA) is 98.0 Å². The second kappa shape index (κ2) is 17.3. The number of carboxylic acid groups (broad SMARTS) is 1. The number of allylic oxidation sites excluding steroid dienone is 8. The largest absolute Gasteiger partial charge is 0.508 e. The molecule has 0 aliphatic heterocycles. The van der Waals surface area contributed by atoms with Crippen molar-refractivity contribution in [1.82, 2.24) is 0 Å². The van der Waals surface area contributed by atoms with Gasteiger partial charge < -0.3 is 20.4 Å². The van der Waals surface area contributed by atoms with Gasteiger partial charge >= 0.3 is 5.97 Å². The quantitative estimate of drug-likeness (QED) is 0.144. The molecule has 5 heteroatoms. The molecule has 0 heterocycles. The van der Waals surface area contributed by atoms with Crippen molar-refractivity contribution >= 4 is 5.97 Å². The van der Waals surface area contributed by atoms with Crippen LogP contribution in [0.15, 0.2) is 60.4 Å². The molecule has 0 saturated heterocycles. The predicted octanol–water partition coefficient (Wildman–Crippen LogP) is 4.60. The van der Waals surface area contributed by atoms with Gasteiger partial charge in [0.25, 0.3) is 0 Å². The standard InChI is InChI=1S/C22H34O5/c1-2-3-4-5-6-7-9-14-19(23)15-12-13-17-21(25)20(24)16-10-8-11-18-22(26)27/h3-4,7,9,12-15,17,20-21,23-25H,2,5-6,8,10-11,16,18H2,1H3,(H,26,27)/b4-3-,9-7-,15-12+,17-13+,19-14-. The molecule has 2 unspecified atom stereocenters. The first kappa shape index (κ1) is 24.9. The van der Waals surface area contributed by atoms with E-state index in [1.54, 1.807) is 24.3 Å². The van der Waals surface area contributed by atoms with Gasteiger partial charge in [-0.1, -0.05) is 62.3 Å². The Bertz CT molecular complexity index is 529. The van der Waals surface area contributed by atoms with E-state index in [4.69, 9.17) is 5.11 Å². The molecular weight excluding hydrogens is 344 g/mol. The van der Waals surface area contributed by atoms with E-state index in [1.807, 2.05) is 6.08 Å². The molecule has 0 amide bonds. The number of hydrogen-bond acceptors (Lipinski definition) is 4. The van der Waals surface area contributed by atoms with Crippen LogP contribution in [0.25, 0.3) is 0 Å². The number of aliphatic hydroxyl groups excluding tert-OH is 3. The number of carboxylic acids is 1. The predicted molar refractivity (Wildman–Crippen MR) is 110 cm³/mol. The van der Waals surface area contributed by atoms with Crippen LogP contribution in [0.1, 0.15) is 58.3 Å². The molecule has 0 rings (SSSR count). The number of rotatable bonds is 15. The molecule has 0 aromatic heterocycles. The van der Waals surface area contributed by atoms with Crippen molar-refractivity contribution in [2.45, 2.75) is 70.5 Å². The highest BCUT2D eigenvalue weighted by Gasteiger charge is 2.12. The number of aliphatic hydroxyl groups is 3. The molecule has 0 fully saturated rings. The van der Waals surface area contributed by atoms with Crippen LogP contribution in [0.3, 0.4) is 0 Å². The summed E-state index contributed by atoms with van der Waals surface area (Å²) in [6.45, 7) is 2.10. The van der Waals surface area contributed by atoms with Crippen LogP contribution in [0.4, 0.5) is 0 Å². The molecule has 2 atom stereocenters. The van der Waals surface area contributed by atoms with Crippen molar-refractivity contribution in [2.24, 2.45) is 0 Å². The first-order valence-corrected chi connectivity index (χ1v) is 9.61. The Labute approximate surface area is 162 Å². The molecule has 152 valence electrons. The van der Waals surface area contributed by atoms with Gasteiger partial charge in [0, 0.05) is 6.42 Å². The Morgan fingerprint density at radius 3 is 2.37 bits per heavy atom. The summed E-state index contributed by atoms with van der Waals surface area (Å²) >= 11 is 0. The Kier molecular flexibility index (Phi) is 16.0. The van der Waals surface area contributed by atoms with Crippen molar-refractivity contribution in [3.8, 4) is 0 Å². The lowest BCUT2D eigenvalue weighted by atomic mass is 10.0. The van der Waals surface area contributed by atoms with E-state index in [-0.39, 0.29) is 12.2 Å². The summed E-state index contributed by atoms with van der Waals surface area (Å²) in [5, 5.41) is 37.9. The van der Waals surface area contributed by atoms with Crippen LogP contribution in [-0.4, -0.2) is 38.6 Å². The van der Waals surface area contributed by atoms with Crippen molar-refractivity contribution in [2.75, 3.05) is 0 Å². The number of carbonyl (C=O) groups is 1. The van der Waals surface area contributed by atoms with E-state index in [0.29, 0.717) is 25.7 Å². The molecule has 0 aliphatic carbocycles. The van der Waals surface area contributed by atoms with E-state index >= 15 is 0 Å². The lowest BCUT2D eigenvalue weighted by Gasteiger charge is -2.13. The second-order valence-corrected chi connectivity index (χ2v) is 6.27. The first-order valence-electron chi connectivity index (χ1n) is 9.61. The Morgan fingerprint density at radius 1 is 0.926 bits per heavy atom. The average Bonchev–Trinajstić information content (AvgIpc) is 2.63. The Hall–Kier alpha value is -2.11. The lowest BCUT2D eigenvalue weighted by molar-refractivity contribution is -0.137. The fourth-order valence-corrected chi connectivity index (χ4v) is 2.23. The fraction of sp³-hybridized carbons (Fsp3) is 0.500. The SMILES string of the molecule is CC/C=C\CC\C=C/C=C(O)/C=C/C=C/C(O)C(O)CCCCCC(=O)O. The van der Waals surface area contributed by atoms with Gasteiger partial charge in [0.15, 0.2) is 0 Å². The van der Waals surface area contributed by atoms with Crippen LogP contribution in [0, 0.1) is 0 Å². The number of hydrogen-bond donors (Lipinski definition) is 4. The van der Waals surface area contributed by atoms with E-state index in [1.165, 1.54) is 12.2 Å². The zero-order valence-electron chi connectivity index (χ0n) is 16.2. The molecule has 0 saturated carbocycles. The van der Waals surface area contributed by atoms with Gasteiger partial charge in [-0.2, -0.15) is 0 Å². The van der Waals surface area contributed by atoms with Gasteiger partial charge in [0.1, 0.15) is 5.76 Å². The summed E-state index contributed by atoms with van der Waals surface area (Å²) in [6, 6.07) is 0. The summed E-state index contributed by atoms with van der Waals surface area (Å²) in [7, 11) is 0. The van der Waals surface area contributed by atoms with Gasteiger partial charge in [0.05, 0.1) is 12.2 Å². The zero-order valence-corrected chi connectivity index (χ0v) is 16.2. The molecular formula is C22H34O5. The van der Waals surface area contributed by atoms with Crippen molar-refractivity contribution in [3.63, 3.8) is 0 Å². The van der Waals surface area contributed by atoms with Gasteiger partial charge in [-0.25, -0.2) is 0 Å². The highest BCUT2D eigenvalue weighted by molar-refractivity contribution is 5.66. The molecule has 0 bridgehead atoms. The maximum absolute atomic E-state index is 10.4. The van der Waals surface area contributed by atoms with E-state index in [2.05, 4.69) is 19.1 Å². The van der Waals surface area contributed by atoms with Crippen molar-refractivity contribution in [3.05, 3.63) is 60.4 Å². The second-order valence-electron chi connectivity index (χ2n) is 6.27. The molecule has 5 nitrogen and oxygen atoms in total. The highest BCUT2D eigenvalue weighted by atomic mass is 16.4. The van der Waals surface area contributed by atoms with Crippen LogP contribution in [-0.2, 0) is 4.79 Å². The number of unbranched alkanes of at least 4 members (excludes halogenated alkanes) is 3. The van der Waals surface area contributed by atoms with Gasteiger partial charge in [-0.15, -0.1) is 0 Å². The minimum atomic E-state index is -0.990. The van der Waals surface area contributed by atoms with Crippen molar-refractivity contribution in [1.29, 1.82) is 0 Å². The lowest BCUT2D eigenvalue weighted by Crippen LogP contribution is -2.23. The van der Waals surface area contributed by atoms with Gasteiger partial charge in [0.2, 0.25) is 0 Å². The maximum atomic E-state index is 10.4. The van der Waals surface area contributed by atoms with E-state index in [0.717, 1.165) is 19.3 Å². The smallest absolute Gasteiger partial charge is 0.303 e. The van der Waals surface area contributed by atoms with E-state index < -0.39 is 18.2 Å². The third-order valence-corrected chi connectivity index (χ3v) is 3.78. The summed E-state index contributed by atoms with van der Waals surface area (Å²) in [5.41, 5.74) is 0. The minimum absolute atomic E-state index is 0.105. The molecule has 0 aromatic carbocycles. The first-order chi connectivity index (χ1) is 13.0. The maximum Gasteiger partial charge on any atom is 0.303 e. The third kappa shape index (κ3) is 17.1. The van der Waals surface area contributed by atoms with E-state index in [9.17, 15) is 20.1 Å². The summed E-state index contributed by atoms with van der Waals surface area (Å²) in [4.78, 5) is 10.4. The zero-order chi connectivity index (χ0) is 20.3. The molecule has 4 N–H and O–H groups in total. The molecule has 0 spiro atoms. The fourth-order valence-electron chi connectivity index (χ4n) is 2.23. The van der Waals surface area contributed by atoms with Crippen LogP contribution in [0.2, 0.25) is 0 Å². The number of aliphatic carboxylic acids is 1. The Morgan fingerprint density at radius 2 is 1.67 bits per heavy atom. The third-order valence-electron chi connectivity index (χ3n) is 3.78. The molecule has 0 aromatic rings. The summed E-state index contributed by atoms with van der Waals surface area (Å²) in [6.07, 6.45) is 19.3. The summed E-state index contributed by atoms with van der Waals surface area (Å²) < 4.78 is 0. The summed E-state index contributed by atoms with van der Waals surface area (Å²) in [5.74, 6) is -0.712. The average molecular weight is 379 g/mol. The molecule has 0 aliphatic rings. The van der Waals surface area contributed by atoms with Crippen LogP contribution in [0.5, 0.6) is 0 Å². The molecule has 27 heavy (non-hydrogen) atoms. The van der Waals surface area contributed by atoms with Gasteiger partial charge in [-0.05, 0) is 44.3 Å². The molecule has 0 radical (unpaired) electrons. The normalized spacial score (nSPS) is 15.4. The van der Waals surface area contributed by atoms with Gasteiger partial charge in [-0.3, -0.25) is 4.79 Å². The monoisotopic (exact) mass is 378 g/mol. The minimum Gasteiger partial charge on any atom is -0.508 e.